The summed E-state index contributed by atoms with van der Waals surface area (Å²) in [6, 6.07) is 5.63. The smallest absolute Gasteiger partial charge is 0.227 e. The van der Waals surface area contributed by atoms with E-state index in [-0.39, 0.29) is 0 Å². The molecule has 2 aromatic rings. The van der Waals surface area contributed by atoms with Crippen molar-refractivity contribution in [3.05, 3.63) is 35.0 Å². The molecule has 3 heterocycles. The summed E-state index contributed by atoms with van der Waals surface area (Å²) in [5, 5.41) is 14.4. The highest BCUT2D eigenvalue weighted by Gasteiger charge is 2.22. The van der Waals surface area contributed by atoms with Crippen LogP contribution in [-0.2, 0) is 11.5 Å². The van der Waals surface area contributed by atoms with Gasteiger partial charge in [0.15, 0.2) is 0 Å². The highest BCUT2D eigenvalue weighted by atomic mass is 32.2. The maximum absolute atomic E-state index is 7.50. The predicted molar refractivity (Wildman–Crippen MR) is 109 cm³/mol. The average molecular weight is 369 g/mol. The predicted octanol–water partition coefficient (Wildman–Crippen LogP) is 2.35. The van der Waals surface area contributed by atoms with Crippen LogP contribution in [0.1, 0.15) is 23.2 Å². The third-order valence-electron chi connectivity index (χ3n) is 4.69. The van der Waals surface area contributed by atoms with Crippen LogP contribution >= 0.6 is 11.8 Å². The van der Waals surface area contributed by atoms with Crippen molar-refractivity contribution in [3.8, 4) is 0 Å². The molecule has 5 N–H and O–H groups in total. The number of nitrogens with zero attached hydrogens (tertiary/aromatic N) is 3. The summed E-state index contributed by atoms with van der Waals surface area (Å²) in [7, 11) is 0. The maximum Gasteiger partial charge on any atom is 0.227 e. The van der Waals surface area contributed by atoms with Gasteiger partial charge in [0.1, 0.15) is 5.82 Å². The fourth-order valence-corrected chi connectivity index (χ4v) is 4.28. The van der Waals surface area contributed by atoms with Gasteiger partial charge in [-0.2, -0.15) is 16.7 Å². The molecule has 0 radical (unpaired) electrons. The molecule has 1 aromatic carbocycles. The molecule has 1 aromatic heterocycles. The van der Waals surface area contributed by atoms with Gasteiger partial charge >= 0.3 is 0 Å². The second-order valence-corrected chi connectivity index (χ2v) is 7.48. The summed E-state index contributed by atoms with van der Waals surface area (Å²) in [4.78, 5) is 12.0. The molecular formula is C18H23N7S. The first-order valence-electron chi connectivity index (χ1n) is 8.85. The van der Waals surface area contributed by atoms with E-state index in [1.54, 1.807) is 0 Å². The molecule has 0 saturated carbocycles. The topological polar surface area (TPSA) is 103 Å². The van der Waals surface area contributed by atoms with Crippen molar-refractivity contribution >= 4 is 41.1 Å². The summed E-state index contributed by atoms with van der Waals surface area (Å²) < 4.78 is 0. The van der Waals surface area contributed by atoms with Crippen molar-refractivity contribution in [2.24, 2.45) is 0 Å². The summed E-state index contributed by atoms with van der Waals surface area (Å²) in [5.74, 6) is 3.53. The van der Waals surface area contributed by atoms with Crippen molar-refractivity contribution in [2.75, 3.05) is 42.1 Å². The number of fused-ring (bicyclic) bond motifs is 1. The Bertz CT molecular complexity index is 815. The lowest BCUT2D eigenvalue weighted by Gasteiger charge is -2.22. The number of anilines is 4. The molecule has 136 valence electrons. The third-order valence-corrected chi connectivity index (χ3v) is 5.66. The molecule has 8 heteroatoms. The van der Waals surface area contributed by atoms with E-state index in [2.05, 4.69) is 15.5 Å². The normalized spacial score (nSPS) is 16.8. The molecule has 0 unspecified atom stereocenters. The Kier molecular flexibility index (Phi) is 4.94. The van der Waals surface area contributed by atoms with Crippen LogP contribution in [0.5, 0.6) is 0 Å². The Morgan fingerprint density at radius 3 is 3.04 bits per heavy atom. The lowest BCUT2D eigenvalue weighted by atomic mass is 10.1. The molecular weight excluding hydrogens is 346 g/mol. The van der Waals surface area contributed by atoms with Gasteiger partial charge in [0.2, 0.25) is 5.95 Å². The first-order valence-corrected chi connectivity index (χ1v) is 10.0. The van der Waals surface area contributed by atoms with Gasteiger partial charge in [-0.3, -0.25) is 0 Å². The van der Waals surface area contributed by atoms with Gasteiger partial charge in [0.25, 0.3) is 0 Å². The second kappa shape index (κ2) is 7.51. The Morgan fingerprint density at radius 1 is 1.23 bits per heavy atom. The van der Waals surface area contributed by atoms with E-state index in [1.807, 2.05) is 30.0 Å². The zero-order valence-electron chi connectivity index (χ0n) is 14.6. The molecule has 2 aliphatic heterocycles. The van der Waals surface area contributed by atoms with Crippen LogP contribution in [0.15, 0.2) is 18.2 Å². The van der Waals surface area contributed by atoms with Crippen LogP contribution in [0.3, 0.4) is 0 Å². The Morgan fingerprint density at radius 2 is 2.15 bits per heavy atom. The van der Waals surface area contributed by atoms with Crippen molar-refractivity contribution < 1.29 is 0 Å². The Hall–Kier alpha value is -2.32. The van der Waals surface area contributed by atoms with E-state index in [9.17, 15) is 0 Å². The number of rotatable bonds is 4. The quantitative estimate of drug-likeness (QED) is 0.484. The second-order valence-electron chi connectivity index (χ2n) is 6.49. The standard InChI is InChI=1S/C18H23N7S/c19-9-12-8-13(2-3-15(12)20)22-17-14-10-26-11-16(14)23-18(24-17)25-6-1-4-21-5-7-25/h2-3,8-9,19,21H,1,4-7,10-11,20H2,(H,22,23,24). The number of thioether (sulfide) groups is 1. The summed E-state index contributed by atoms with van der Waals surface area (Å²) in [5.41, 5.74) is 10.4. The molecule has 4 rings (SSSR count). The monoisotopic (exact) mass is 369 g/mol. The third kappa shape index (κ3) is 3.47. The molecule has 1 fully saturated rings. The summed E-state index contributed by atoms with van der Waals surface area (Å²) >= 11 is 1.87. The van der Waals surface area contributed by atoms with Crippen molar-refractivity contribution in [1.29, 1.82) is 5.41 Å². The van der Waals surface area contributed by atoms with Crippen LogP contribution in [-0.4, -0.2) is 42.4 Å². The van der Waals surface area contributed by atoms with Gasteiger partial charge in [0.05, 0.1) is 5.69 Å². The minimum Gasteiger partial charge on any atom is -0.398 e. The zero-order valence-corrected chi connectivity index (χ0v) is 15.4. The minimum atomic E-state index is 0.603. The number of nitrogens with two attached hydrogens (primary N) is 1. The number of hydrogen-bond acceptors (Lipinski definition) is 8. The van der Waals surface area contributed by atoms with Crippen molar-refractivity contribution in [2.45, 2.75) is 17.9 Å². The van der Waals surface area contributed by atoms with Gasteiger partial charge in [-0.15, -0.1) is 0 Å². The number of hydrogen-bond donors (Lipinski definition) is 4. The van der Waals surface area contributed by atoms with Crippen LogP contribution in [0, 0.1) is 5.41 Å². The molecule has 0 aliphatic carbocycles. The highest BCUT2D eigenvalue weighted by molar-refractivity contribution is 7.98. The van der Waals surface area contributed by atoms with Gasteiger partial charge < -0.3 is 26.7 Å². The number of aromatic nitrogens is 2. The number of nitrogens with one attached hydrogen (secondary N) is 3. The van der Waals surface area contributed by atoms with E-state index in [0.717, 1.165) is 67.3 Å². The summed E-state index contributed by atoms with van der Waals surface area (Å²) in [6.45, 7) is 3.89. The van der Waals surface area contributed by atoms with Gasteiger partial charge in [-0.05, 0) is 31.2 Å². The largest absolute Gasteiger partial charge is 0.398 e. The number of benzene rings is 1. The van der Waals surface area contributed by atoms with Gasteiger partial charge in [0, 0.05) is 59.9 Å². The van der Waals surface area contributed by atoms with Crippen LogP contribution in [0.4, 0.5) is 23.1 Å². The van der Waals surface area contributed by atoms with Crippen LogP contribution < -0.4 is 21.3 Å². The van der Waals surface area contributed by atoms with Crippen LogP contribution in [0.25, 0.3) is 0 Å². The van der Waals surface area contributed by atoms with E-state index in [1.165, 1.54) is 11.8 Å². The van der Waals surface area contributed by atoms with E-state index < -0.39 is 0 Å². The first-order chi connectivity index (χ1) is 12.7. The van der Waals surface area contributed by atoms with E-state index in [4.69, 9.17) is 21.1 Å². The average Bonchev–Trinajstić information content (AvgIpc) is 2.96. The first kappa shape index (κ1) is 17.1. The van der Waals surface area contributed by atoms with E-state index >= 15 is 0 Å². The molecule has 0 spiro atoms. The van der Waals surface area contributed by atoms with Gasteiger partial charge in [-0.25, -0.2) is 4.98 Å². The molecule has 0 bridgehead atoms. The summed E-state index contributed by atoms with van der Waals surface area (Å²) in [6.07, 6.45) is 2.37. The zero-order chi connectivity index (χ0) is 17.9. The lowest BCUT2D eigenvalue weighted by Crippen LogP contribution is -2.30. The lowest BCUT2D eigenvalue weighted by molar-refractivity contribution is 0.724. The Labute approximate surface area is 157 Å². The Balaban J connectivity index is 1.67. The molecule has 0 amide bonds. The van der Waals surface area contributed by atoms with E-state index in [0.29, 0.717) is 11.3 Å². The van der Waals surface area contributed by atoms with Crippen LogP contribution in [0.2, 0.25) is 0 Å². The molecule has 0 atom stereocenters. The van der Waals surface area contributed by atoms with Crippen molar-refractivity contribution in [1.82, 2.24) is 15.3 Å². The molecule has 7 nitrogen and oxygen atoms in total. The fourth-order valence-electron chi connectivity index (χ4n) is 3.24. The SMILES string of the molecule is N=Cc1cc(Nc2nc(N3CCCNCC3)nc3c2CSC3)ccc1N. The minimum absolute atomic E-state index is 0.603. The molecule has 1 saturated heterocycles. The molecule has 2 aliphatic rings. The number of nitrogen functional groups attached to an aromatic ring is 1. The fraction of sp³-hybridized carbons (Fsp3) is 0.389. The highest BCUT2D eigenvalue weighted by Crippen LogP contribution is 2.35. The van der Waals surface area contributed by atoms with Gasteiger partial charge in [-0.1, -0.05) is 0 Å². The molecule has 26 heavy (non-hydrogen) atoms. The van der Waals surface area contributed by atoms with Crippen molar-refractivity contribution in [3.63, 3.8) is 0 Å². The maximum atomic E-state index is 7.50.